The highest BCUT2D eigenvalue weighted by Crippen LogP contribution is 2.31. The maximum atomic E-state index is 5.40. The summed E-state index contributed by atoms with van der Waals surface area (Å²) in [6, 6.07) is 0. The van der Waals surface area contributed by atoms with Crippen LogP contribution in [0.15, 0.2) is 0 Å². The lowest BCUT2D eigenvalue weighted by molar-refractivity contribution is 0.104. The van der Waals surface area contributed by atoms with Crippen molar-refractivity contribution >= 4 is 0 Å². The summed E-state index contributed by atoms with van der Waals surface area (Å²) in [7, 11) is 0. The van der Waals surface area contributed by atoms with Crippen LogP contribution in [0.2, 0.25) is 0 Å². The standard InChI is InChI=1S/C13H26N2O/c1-2-16-11-5-9-15-10-8-14-13(12-15)6-3-4-7-13/h14H,2-12H2,1H3. The van der Waals surface area contributed by atoms with Gasteiger partial charge >= 0.3 is 0 Å². The molecule has 16 heavy (non-hydrogen) atoms. The van der Waals surface area contributed by atoms with Crippen LogP contribution in [0.25, 0.3) is 0 Å². The van der Waals surface area contributed by atoms with Crippen LogP contribution < -0.4 is 5.32 Å². The van der Waals surface area contributed by atoms with Gasteiger partial charge < -0.3 is 15.0 Å². The van der Waals surface area contributed by atoms with Crippen LogP contribution in [0.1, 0.15) is 39.0 Å². The lowest BCUT2D eigenvalue weighted by atomic mass is 9.94. The minimum absolute atomic E-state index is 0.476. The third-order valence-corrected chi connectivity index (χ3v) is 3.98. The van der Waals surface area contributed by atoms with Crippen LogP contribution >= 0.6 is 0 Å². The summed E-state index contributed by atoms with van der Waals surface area (Å²) in [5.41, 5.74) is 0.476. The molecule has 1 heterocycles. The van der Waals surface area contributed by atoms with E-state index < -0.39 is 0 Å². The molecule has 0 aromatic rings. The van der Waals surface area contributed by atoms with E-state index in [2.05, 4.69) is 17.1 Å². The Bertz CT molecular complexity index is 202. The van der Waals surface area contributed by atoms with Crippen molar-refractivity contribution in [3.05, 3.63) is 0 Å². The summed E-state index contributed by atoms with van der Waals surface area (Å²) in [4.78, 5) is 2.63. The van der Waals surface area contributed by atoms with Gasteiger partial charge in [0.05, 0.1) is 0 Å². The van der Waals surface area contributed by atoms with Crippen LogP contribution in [0, 0.1) is 0 Å². The van der Waals surface area contributed by atoms with E-state index in [4.69, 9.17) is 4.74 Å². The molecule has 94 valence electrons. The van der Waals surface area contributed by atoms with Crippen molar-refractivity contribution in [3.63, 3.8) is 0 Å². The lowest BCUT2D eigenvalue weighted by Crippen LogP contribution is -2.59. The quantitative estimate of drug-likeness (QED) is 0.721. The van der Waals surface area contributed by atoms with Gasteiger partial charge in [-0.2, -0.15) is 0 Å². The molecule has 1 spiro atoms. The van der Waals surface area contributed by atoms with Crippen molar-refractivity contribution in [2.24, 2.45) is 0 Å². The largest absolute Gasteiger partial charge is 0.382 e. The normalized spacial score (nSPS) is 25.3. The first-order valence-corrected chi connectivity index (χ1v) is 6.90. The first kappa shape index (κ1) is 12.3. The molecule has 1 saturated heterocycles. The number of piperazine rings is 1. The zero-order valence-corrected chi connectivity index (χ0v) is 10.6. The van der Waals surface area contributed by atoms with Crippen molar-refractivity contribution in [2.45, 2.75) is 44.6 Å². The average Bonchev–Trinajstić information content (AvgIpc) is 2.73. The van der Waals surface area contributed by atoms with Gasteiger partial charge in [-0.05, 0) is 26.2 Å². The topological polar surface area (TPSA) is 24.5 Å². The van der Waals surface area contributed by atoms with Gasteiger partial charge in [-0.3, -0.25) is 0 Å². The van der Waals surface area contributed by atoms with Gasteiger partial charge in [0.1, 0.15) is 0 Å². The van der Waals surface area contributed by atoms with E-state index in [9.17, 15) is 0 Å². The van der Waals surface area contributed by atoms with E-state index >= 15 is 0 Å². The fraction of sp³-hybridized carbons (Fsp3) is 1.00. The summed E-state index contributed by atoms with van der Waals surface area (Å²) in [5, 5.41) is 3.75. The van der Waals surface area contributed by atoms with E-state index in [-0.39, 0.29) is 0 Å². The molecule has 3 heteroatoms. The molecule has 0 aromatic heterocycles. The first-order valence-electron chi connectivity index (χ1n) is 6.90. The monoisotopic (exact) mass is 226 g/mol. The van der Waals surface area contributed by atoms with Crippen LogP contribution in [0.4, 0.5) is 0 Å². The predicted octanol–water partition coefficient (Wildman–Crippen LogP) is 1.63. The molecular formula is C13H26N2O. The summed E-state index contributed by atoms with van der Waals surface area (Å²) in [5.74, 6) is 0. The molecule has 0 atom stereocenters. The first-order chi connectivity index (χ1) is 7.85. The number of nitrogens with zero attached hydrogens (tertiary/aromatic N) is 1. The van der Waals surface area contributed by atoms with Crippen molar-refractivity contribution in [3.8, 4) is 0 Å². The minimum Gasteiger partial charge on any atom is -0.382 e. The second-order valence-corrected chi connectivity index (χ2v) is 5.24. The summed E-state index contributed by atoms with van der Waals surface area (Å²) in [6.07, 6.45) is 6.79. The number of nitrogens with one attached hydrogen (secondary N) is 1. The number of hydrogen-bond acceptors (Lipinski definition) is 3. The summed E-state index contributed by atoms with van der Waals surface area (Å²) >= 11 is 0. The van der Waals surface area contributed by atoms with Gasteiger partial charge in [0.25, 0.3) is 0 Å². The Morgan fingerprint density at radius 1 is 1.31 bits per heavy atom. The predicted molar refractivity (Wildman–Crippen MR) is 66.8 cm³/mol. The highest BCUT2D eigenvalue weighted by molar-refractivity contribution is 4.97. The van der Waals surface area contributed by atoms with Crippen LogP contribution in [0.3, 0.4) is 0 Å². The molecule has 2 aliphatic rings. The molecule has 1 aliphatic carbocycles. The van der Waals surface area contributed by atoms with E-state index in [1.165, 1.54) is 58.3 Å². The van der Waals surface area contributed by atoms with Gasteiger partial charge in [0, 0.05) is 44.9 Å². The molecule has 0 aromatic carbocycles. The second kappa shape index (κ2) is 5.99. The van der Waals surface area contributed by atoms with Crippen molar-refractivity contribution in [1.82, 2.24) is 10.2 Å². The maximum absolute atomic E-state index is 5.40. The van der Waals surface area contributed by atoms with E-state index in [1.54, 1.807) is 0 Å². The lowest BCUT2D eigenvalue weighted by Gasteiger charge is -2.41. The maximum Gasteiger partial charge on any atom is 0.0478 e. The van der Waals surface area contributed by atoms with Gasteiger partial charge in [0.2, 0.25) is 0 Å². The number of hydrogen-bond donors (Lipinski definition) is 1. The minimum atomic E-state index is 0.476. The smallest absolute Gasteiger partial charge is 0.0478 e. The van der Waals surface area contributed by atoms with Crippen molar-refractivity contribution in [2.75, 3.05) is 39.4 Å². The van der Waals surface area contributed by atoms with Crippen molar-refractivity contribution in [1.29, 1.82) is 0 Å². The van der Waals surface area contributed by atoms with Crippen molar-refractivity contribution < 1.29 is 4.74 Å². The molecule has 1 aliphatic heterocycles. The molecule has 2 rings (SSSR count). The third-order valence-electron chi connectivity index (χ3n) is 3.98. The summed E-state index contributed by atoms with van der Waals surface area (Å²) in [6.45, 7) is 8.71. The third kappa shape index (κ3) is 3.19. The van der Waals surface area contributed by atoms with Gasteiger partial charge in [-0.15, -0.1) is 0 Å². The SMILES string of the molecule is CCOCCCN1CCNC2(CCCC2)C1. The Kier molecular flexibility index (Phi) is 4.62. The fourth-order valence-electron chi connectivity index (χ4n) is 3.15. The van der Waals surface area contributed by atoms with Gasteiger partial charge in [-0.1, -0.05) is 12.8 Å². The molecule has 1 saturated carbocycles. The Labute approximate surface area is 99.5 Å². The fourth-order valence-corrected chi connectivity index (χ4v) is 3.15. The number of ether oxygens (including phenoxy) is 1. The average molecular weight is 226 g/mol. The van der Waals surface area contributed by atoms with Crippen LogP contribution in [-0.2, 0) is 4.74 Å². The van der Waals surface area contributed by atoms with Crippen LogP contribution in [-0.4, -0.2) is 49.8 Å². The molecule has 0 radical (unpaired) electrons. The Balaban J connectivity index is 1.70. The van der Waals surface area contributed by atoms with Gasteiger partial charge in [0.15, 0.2) is 0 Å². The van der Waals surface area contributed by atoms with E-state index in [0.717, 1.165) is 13.2 Å². The van der Waals surface area contributed by atoms with E-state index in [0.29, 0.717) is 5.54 Å². The molecular weight excluding hydrogens is 200 g/mol. The van der Waals surface area contributed by atoms with Crippen LogP contribution in [0.5, 0.6) is 0 Å². The Morgan fingerprint density at radius 2 is 2.12 bits per heavy atom. The molecule has 2 fully saturated rings. The Hall–Kier alpha value is -0.120. The highest BCUT2D eigenvalue weighted by Gasteiger charge is 2.37. The zero-order valence-electron chi connectivity index (χ0n) is 10.6. The molecule has 3 nitrogen and oxygen atoms in total. The molecule has 0 unspecified atom stereocenters. The second-order valence-electron chi connectivity index (χ2n) is 5.24. The van der Waals surface area contributed by atoms with E-state index in [1.807, 2.05) is 0 Å². The zero-order chi connectivity index (χ0) is 11.3. The molecule has 0 bridgehead atoms. The number of rotatable bonds is 5. The summed E-state index contributed by atoms with van der Waals surface area (Å²) < 4.78 is 5.40. The molecule has 1 N–H and O–H groups in total. The Morgan fingerprint density at radius 3 is 2.88 bits per heavy atom. The highest BCUT2D eigenvalue weighted by atomic mass is 16.5. The van der Waals surface area contributed by atoms with Gasteiger partial charge in [-0.25, -0.2) is 0 Å². The molecule has 0 amide bonds.